The molecule has 16 heavy (non-hydrogen) atoms. The maximum atomic E-state index is 4.59. The van der Waals surface area contributed by atoms with Crippen molar-refractivity contribution in [1.82, 2.24) is 10.6 Å². The highest BCUT2D eigenvalue weighted by molar-refractivity contribution is 5.80. The molecule has 0 aliphatic heterocycles. The van der Waals surface area contributed by atoms with Gasteiger partial charge in [-0.25, -0.2) is 0 Å². The zero-order valence-electron chi connectivity index (χ0n) is 11.1. The van der Waals surface area contributed by atoms with E-state index >= 15 is 0 Å². The van der Waals surface area contributed by atoms with Crippen molar-refractivity contribution in [3.8, 4) is 0 Å². The predicted molar refractivity (Wildman–Crippen MR) is 70.8 cm³/mol. The van der Waals surface area contributed by atoms with Crippen molar-refractivity contribution in [2.75, 3.05) is 13.1 Å². The van der Waals surface area contributed by atoms with E-state index in [1.54, 1.807) is 0 Å². The van der Waals surface area contributed by atoms with Gasteiger partial charge in [0, 0.05) is 19.1 Å². The Morgan fingerprint density at radius 2 is 2.00 bits per heavy atom. The van der Waals surface area contributed by atoms with Crippen molar-refractivity contribution in [3.05, 3.63) is 0 Å². The first-order valence-electron chi connectivity index (χ1n) is 6.82. The molecule has 2 unspecified atom stereocenters. The van der Waals surface area contributed by atoms with Crippen LogP contribution in [0.3, 0.4) is 0 Å². The quantitative estimate of drug-likeness (QED) is 0.397. The molecule has 0 aromatic heterocycles. The van der Waals surface area contributed by atoms with Gasteiger partial charge in [0.05, 0.1) is 0 Å². The normalized spacial score (nSPS) is 24.3. The minimum atomic E-state index is 0.661. The van der Waals surface area contributed by atoms with Crippen LogP contribution in [0.25, 0.3) is 0 Å². The van der Waals surface area contributed by atoms with E-state index in [-0.39, 0.29) is 0 Å². The highest BCUT2D eigenvalue weighted by atomic mass is 15.2. The zero-order valence-corrected chi connectivity index (χ0v) is 11.1. The van der Waals surface area contributed by atoms with E-state index in [1.165, 1.54) is 32.1 Å². The first-order chi connectivity index (χ1) is 7.77. The van der Waals surface area contributed by atoms with Gasteiger partial charge in [-0.05, 0) is 25.7 Å². The van der Waals surface area contributed by atoms with Crippen LogP contribution in [-0.4, -0.2) is 25.1 Å². The van der Waals surface area contributed by atoms with E-state index < -0.39 is 0 Å². The van der Waals surface area contributed by atoms with Crippen LogP contribution < -0.4 is 10.6 Å². The molecule has 0 aromatic carbocycles. The van der Waals surface area contributed by atoms with E-state index in [0.29, 0.717) is 6.04 Å². The molecule has 1 aliphatic carbocycles. The van der Waals surface area contributed by atoms with Gasteiger partial charge in [-0.15, -0.1) is 0 Å². The topological polar surface area (TPSA) is 36.4 Å². The van der Waals surface area contributed by atoms with Gasteiger partial charge in [-0.2, -0.15) is 0 Å². The average molecular weight is 225 g/mol. The second kappa shape index (κ2) is 7.53. The van der Waals surface area contributed by atoms with E-state index in [1.807, 2.05) is 0 Å². The standard InChI is InChI=1S/C13H27N3/c1-4-6-7-8-9-15-13(14-5-2)16-12-10-11(12)3/h11-12H,4-10H2,1-3H3,(H2,14,15,16). The molecule has 0 heterocycles. The molecule has 1 fully saturated rings. The number of aliphatic imine (C=N–C) groups is 1. The third-order valence-electron chi connectivity index (χ3n) is 3.06. The summed E-state index contributed by atoms with van der Waals surface area (Å²) in [6, 6.07) is 0.661. The van der Waals surface area contributed by atoms with Gasteiger partial charge in [0.2, 0.25) is 0 Å². The van der Waals surface area contributed by atoms with Gasteiger partial charge < -0.3 is 10.6 Å². The van der Waals surface area contributed by atoms with Crippen LogP contribution in [0.2, 0.25) is 0 Å². The summed E-state index contributed by atoms with van der Waals surface area (Å²) in [5.74, 6) is 1.83. The molecule has 94 valence electrons. The summed E-state index contributed by atoms with van der Waals surface area (Å²) in [6.07, 6.45) is 6.44. The number of nitrogens with one attached hydrogen (secondary N) is 2. The van der Waals surface area contributed by atoms with Crippen LogP contribution in [0.5, 0.6) is 0 Å². The van der Waals surface area contributed by atoms with Crippen molar-refractivity contribution in [2.24, 2.45) is 10.9 Å². The third kappa shape index (κ3) is 5.38. The van der Waals surface area contributed by atoms with Crippen LogP contribution in [0.1, 0.15) is 52.9 Å². The van der Waals surface area contributed by atoms with Gasteiger partial charge >= 0.3 is 0 Å². The minimum Gasteiger partial charge on any atom is -0.357 e. The van der Waals surface area contributed by atoms with Gasteiger partial charge in [0.15, 0.2) is 5.96 Å². The number of hydrogen-bond acceptors (Lipinski definition) is 1. The molecule has 0 radical (unpaired) electrons. The second-order valence-electron chi connectivity index (χ2n) is 4.79. The molecule has 1 saturated carbocycles. The van der Waals surface area contributed by atoms with Crippen LogP contribution in [0, 0.1) is 5.92 Å². The third-order valence-corrected chi connectivity index (χ3v) is 3.06. The fourth-order valence-electron chi connectivity index (χ4n) is 1.75. The minimum absolute atomic E-state index is 0.661. The van der Waals surface area contributed by atoms with Crippen molar-refractivity contribution in [2.45, 2.75) is 58.9 Å². The summed E-state index contributed by atoms with van der Waals surface area (Å²) in [5.41, 5.74) is 0. The summed E-state index contributed by atoms with van der Waals surface area (Å²) >= 11 is 0. The highest BCUT2D eigenvalue weighted by Crippen LogP contribution is 2.28. The lowest BCUT2D eigenvalue weighted by molar-refractivity contribution is 0.669. The molecule has 3 heteroatoms. The Bertz CT molecular complexity index is 213. The largest absolute Gasteiger partial charge is 0.357 e. The molecule has 0 aromatic rings. The van der Waals surface area contributed by atoms with Gasteiger partial charge in [0.25, 0.3) is 0 Å². The number of hydrogen-bond donors (Lipinski definition) is 2. The average Bonchev–Trinajstić information content (AvgIpc) is 2.94. The van der Waals surface area contributed by atoms with Crippen molar-refractivity contribution >= 4 is 5.96 Å². The summed E-state index contributed by atoms with van der Waals surface area (Å²) < 4.78 is 0. The molecule has 0 bridgehead atoms. The lowest BCUT2D eigenvalue weighted by Crippen LogP contribution is -2.39. The number of nitrogens with zero attached hydrogens (tertiary/aromatic N) is 1. The molecule has 2 N–H and O–H groups in total. The Morgan fingerprint density at radius 1 is 1.25 bits per heavy atom. The maximum absolute atomic E-state index is 4.59. The van der Waals surface area contributed by atoms with Crippen LogP contribution >= 0.6 is 0 Å². The van der Waals surface area contributed by atoms with E-state index in [4.69, 9.17) is 0 Å². The lowest BCUT2D eigenvalue weighted by atomic mass is 10.2. The first kappa shape index (κ1) is 13.3. The summed E-state index contributed by atoms with van der Waals surface area (Å²) in [7, 11) is 0. The Hall–Kier alpha value is -0.730. The first-order valence-corrected chi connectivity index (χ1v) is 6.82. The predicted octanol–water partition coefficient (Wildman–Crippen LogP) is 2.53. The van der Waals surface area contributed by atoms with E-state index in [0.717, 1.165) is 25.0 Å². The van der Waals surface area contributed by atoms with Gasteiger partial charge in [-0.1, -0.05) is 33.1 Å². The number of unbranched alkanes of at least 4 members (excludes halogenated alkanes) is 3. The van der Waals surface area contributed by atoms with Crippen molar-refractivity contribution < 1.29 is 0 Å². The van der Waals surface area contributed by atoms with Crippen LogP contribution in [-0.2, 0) is 0 Å². The van der Waals surface area contributed by atoms with Crippen LogP contribution in [0.15, 0.2) is 4.99 Å². The summed E-state index contributed by atoms with van der Waals surface area (Å²) in [5, 5.41) is 6.78. The molecule has 2 atom stereocenters. The monoisotopic (exact) mass is 225 g/mol. The Labute approximate surface area is 100 Å². The Kier molecular flexibility index (Phi) is 6.27. The molecule has 1 rings (SSSR count). The summed E-state index contributed by atoms with van der Waals surface area (Å²) in [4.78, 5) is 4.59. The molecule has 3 nitrogen and oxygen atoms in total. The molecular formula is C13H27N3. The molecule has 1 aliphatic rings. The molecule has 0 amide bonds. The molecule has 0 saturated heterocycles. The molecular weight excluding hydrogens is 198 g/mol. The number of guanidine groups is 1. The van der Waals surface area contributed by atoms with Gasteiger partial charge in [-0.3, -0.25) is 4.99 Å². The Balaban J connectivity index is 2.17. The SMILES string of the molecule is CCCCCCN=C(NCC)NC1CC1C. The Morgan fingerprint density at radius 3 is 2.56 bits per heavy atom. The van der Waals surface area contributed by atoms with E-state index in [9.17, 15) is 0 Å². The van der Waals surface area contributed by atoms with Crippen molar-refractivity contribution in [1.29, 1.82) is 0 Å². The fourth-order valence-corrected chi connectivity index (χ4v) is 1.75. The van der Waals surface area contributed by atoms with Crippen LogP contribution in [0.4, 0.5) is 0 Å². The fraction of sp³-hybridized carbons (Fsp3) is 0.923. The van der Waals surface area contributed by atoms with Crippen molar-refractivity contribution in [3.63, 3.8) is 0 Å². The highest BCUT2D eigenvalue weighted by Gasteiger charge is 2.33. The smallest absolute Gasteiger partial charge is 0.191 e. The molecule has 0 spiro atoms. The van der Waals surface area contributed by atoms with E-state index in [2.05, 4.69) is 36.4 Å². The maximum Gasteiger partial charge on any atom is 0.191 e. The lowest BCUT2D eigenvalue weighted by Gasteiger charge is -2.10. The second-order valence-corrected chi connectivity index (χ2v) is 4.79. The number of rotatable bonds is 7. The summed E-state index contributed by atoms with van der Waals surface area (Å²) in [6.45, 7) is 8.54. The zero-order chi connectivity index (χ0) is 11.8. The van der Waals surface area contributed by atoms with Gasteiger partial charge in [0.1, 0.15) is 0 Å².